The van der Waals surface area contributed by atoms with E-state index in [1.807, 2.05) is 4.90 Å². The smallest absolute Gasteiger partial charge is 0.254 e. The molecule has 2 aromatic carbocycles. The Hall–Kier alpha value is -2.52. The van der Waals surface area contributed by atoms with E-state index in [0.29, 0.717) is 32.6 Å². The molecule has 3 saturated heterocycles. The molecule has 0 bridgehead atoms. The van der Waals surface area contributed by atoms with Gasteiger partial charge in [-0.1, -0.05) is 30.3 Å². The van der Waals surface area contributed by atoms with E-state index in [0.717, 1.165) is 57.8 Å². The lowest BCUT2D eigenvalue weighted by molar-refractivity contribution is -0.168. The zero-order valence-electron chi connectivity index (χ0n) is 21.6. The molecule has 0 saturated carbocycles. The fourth-order valence-corrected chi connectivity index (χ4v) is 5.67. The van der Waals surface area contributed by atoms with Gasteiger partial charge in [0.05, 0.1) is 12.2 Å². The molecule has 5 rings (SSSR count). The summed E-state index contributed by atoms with van der Waals surface area (Å²) >= 11 is 0. The molecule has 3 fully saturated rings. The van der Waals surface area contributed by atoms with E-state index in [1.165, 1.54) is 17.7 Å². The van der Waals surface area contributed by atoms with Crippen LogP contribution in [0.15, 0.2) is 54.6 Å². The molecule has 3 aliphatic heterocycles. The SMILES string of the molecule is O=C([C@H]1O[C@H](CCN2CCN(Cc3ccccc3)CC2)CC[C@@H]1O)N1CCN(c2ccc(F)cc2)CC1. The number of hydrogen-bond donors (Lipinski definition) is 1. The summed E-state index contributed by atoms with van der Waals surface area (Å²) in [6.45, 7) is 8.67. The van der Waals surface area contributed by atoms with Crippen molar-refractivity contribution in [1.82, 2.24) is 14.7 Å². The summed E-state index contributed by atoms with van der Waals surface area (Å²) in [6.07, 6.45) is 0.742. The minimum absolute atomic E-state index is 0.000188. The van der Waals surface area contributed by atoms with E-state index < -0.39 is 12.2 Å². The Kier molecular flexibility index (Phi) is 8.71. The normalized spacial score (nSPS) is 25.8. The summed E-state index contributed by atoms with van der Waals surface area (Å²) in [4.78, 5) is 22.2. The number of nitrogens with zero attached hydrogens (tertiary/aromatic N) is 4. The van der Waals surface area contributed by atoms with Crippen LogP contribution < -0.4 is 4.90 Å². The van der Waals surface area contributed by atoms with Gasteiger partial charge in [0.1, 0.15) is 5.82 Å². The van der Waals surface area contributed by atoms with Crippen LogP contribution in [0.5, 0.6) is 0 Å². The second kappa shape index (κ2) is 12.3. The zero-order valence-corrected chi connectivity index (χ0v) is 21.6. The first-order valence-electron chi connectivity index (χ1n) is 13.7. The van der Waals surface area contributed by atoms with Gasteiger partial charge in [0, 0.05) is 71.1 Å². The second-order valence-electron chi connectivity index (χ2n) is 10.5. The van der Waals surface area contributed by atoms with E-state index in [9.17, 15) is 14.3 Å². The summed E-state index contributed by atoms with van der Waals surface area (Å²) < 4.78 is 19.4. The van der Waals surface area contributed by atoms with Gasteiger partial charge in [0.25, 0.3) is 5.91 Å². The van der Waals surface area contributed by atoms with Crippen molar-refractivity contribution in [2.24, 2.45) is 0 Å². The Morgan fingerprint density at radius 1 is 0.865 bits per heavy atom. The number of amides is 1. The molecule has 0 aliphatic carbocycles. The van der Waals surface area contributed by atoms with Crippen molar-refractivity contribution < 1.29 is 19.0 Å². The third kappa shape index (κ3) is 6.87. The molecular formula is C29H39FN4O3. The van der Waals surface area contributed by atoms with Gasteiger partial charge in [-0.05, 0) is 49.1 Å². The van der Waals surface area contributed by atoms with Crippen LogP contribution in [0.2, 0.25) is 0 Å². The Morgan fingerprint density at radius 2 is 1.54 bits per heavy atom. The molecular weight excluding hydrogens is 471 g/mol. The molecule has 2 aromatic rings. The molecule has 3 aliphatic rings. The van der Waals surface area contributed by atoms with Crippen LogP contribution in [-0.4, -0.2) is 103 Å². The number of hydrogen-bond acceptors (Lipinski definition) is 6. The van der Waals surface area contributed by atoms with Gasteiger partial charge in [0.2, 0.25) is 0 Å². The molecule has 37 heavy (non-hydrogen) atoms. The lowest BCUT2D eigenvalue weighted by Crippen LogP contribution is -2.56. The maximum Gasteiger partial charge on any atom is 0.254 e. The van der Waals surface area contributed by atoms with Gasteiger partial charge in [-0.15, -0.1) is 0 Å². The summed E-state index contributed by atoms with van der Waals surface area (Å²) in [5.41, 5.74) is 2.32. The third-order valence-corrected chi connectivity index (χ3v) is 7.98. The number of piperazine rings is 2. The summed E-state index contributed by atoms with van der Waals surface area (Å²) in [5, 5.41) is 10.6. The highest BCUT2D eigenvalue weighted by atomic mass is 19.1. The van der Waals surface area contributed by atoms with Gasteiger partial charge >= 0.3 is 0 Å². The minimum Gasteiger partial charge on any atom is -0.390 e. The first kappa shape index (κ1) is 26.1. The second-order valence-corrected chi connectivity index (χ2v) is 10.5. The Morgan fingerprint density at radius 3 is 2.24 bits per heavy atom. The quantitative estimate of drug-likeness (QED) is 0.618. The lowest BCUT2D eigenvalue weighted by atomic mass is 9.98. The van der Waals surface area contributed by atoms with Gasteiger partial charge in [-0.25, -0.2) is 4.39 Å². The summed E-state index contributed by atoms with van der Waals surface area (Å²) in [7, 11) is 0. The molecule has 3 atom stereocenters. The van der Waals surface area contributed by atoms with Crippen molar-refractivity contribution in [3.8, 4) is 0 Å². The number of halogens is 1. The highest BCUT2D eigenvalue weighted by Crippen LogP contribution is 2.25. The van der Waals surface area contributed by atoms with E-state index >= 15 is 0 Å². The van der Waals surface area contributed by atoms with Crippen molar-refractivity contribution in [2.45, 2.75) is 44.1 Å². The van der Waals surface area contributed by atoms with E-state index in [2.05, 4.69) is 45.0 Å². The number of rotatable bonds is 7. The van der Waals surface area contributed by atoms with Crippen LogP contribution in [0.25, 0.3) is 0 Å². The average molecular weight is 511 g/mol. The standard InChI is InChI=1S/C29H39FN4O3/c30-24-6-8-25(9-7-24)33-18-20-34(21-19-33)29(36)28-27(35)11-10-26(37-28)12-13-31-14-16-32(17-15-31)22-23-4-2-1-3-5-23/h1-9,26-28,35H,10-22H2/t26-,27-,28-/m0/s1. The van der Waals surface area contributed by atoms with Crippen molar-refractivity contribution in [1.29, 1.82) is 0 Å². The van der Waals surface area contributed by atoms with Gasteiger partial charge in [-0.2, -0.15) is 0 Å². The van der Waals surface area contributed by atoms with E-state index in [-0.39, 0.29) is 17.8 Å². The van der Waals surface area contributed by atoms with Crippen LogP contribution in [0.3, 0.4) is 0 Å². The predicted molar refractivity (Wildman–Crippen MR) is 142 cm³/mol. The number of benzene rings is 2. The first-order chi connectivity index (χ1) is 18.0. The summed E-state index contributed by atoms with van der Waals surface area (Å²) in [5.74, 6) is -0.355. The largest absolute Gasteiger partial charge is 0.390 e. The highest BCUT2D eigenvalue weighted by molar-refractivity contribution is 5.82. The number of carbonyl (C=O) groups is 1. The lowest BCUT2D eigenvalue weighted by Gasteiger charge is -2.41. The predicted octanol–water partition coefficient (Wildman–Crippen LogP) is 2.59. The summed E-state index contributed by atoms with van der Waals surface area (Å²) in [6, 6.07) is 17.1. The molecule has 0 unspecified atom stereocenters. The number of ether oxygens (including phenoxy) is 1. The van der Waals surface area contributed by atoms with Gasteiger partial charge < -0.3 is 24.5 Å². The third-order valence-electron chi connectivity index (χ3n) is 7.98. The molecule has 1 N–H and O–H groups in total. The molecule has 1 amide bonds. The fourth-order valence-electron chi connectivity index (χ4n) is 5.67. The van der Waals surface area contributed by atoms with E-state index in [4.69, 9.17) is 4.74 Å². The zero-order chi connectivity index (χ0) is 25.6. The van der Waals surface area contributed by atoms with Crippen LogP contribution >= 0.6 is 0 Å². The van der Waals surface area contributed by atoms with Crippen molar-refractivity contribution >= 4 is 11.6 Å². The molecule has 3 heterocycles. The van der Waals surface area contributed by atoms with Crippen molar-refractivity contribution in [2.75, 3.05) is 63.8 Å². The topological polar surface area (TPSA) is 59.5 Å². The maximum atomic E-state index is 13.2. The van der Waals surface area contributed by atoms with Gasteiger partial charge in [0.15, 0.2) is 6.10 Å². The van der Waals surface area contributed by atoms with Crippen molar-refractivity contribution in [3.63, 3.8) is 0 Å². The average Bonchev–Trinajstić information content (AvgIpc) is 2.94. The number of anilines is 1. The van der Waals surface area contributed by atoms with Crippen molar-refractivity contribution in [3.05, 3.63) is 66.0 Å². The van der Waals surface area contributed by atoms with Crippen LogP contribution in [-0.2, 0) is 16.1 Å². The van der Waals surface area contributed by atoms with Crippen LogP contribution in [0.4, 0.5) is 10.1 Å². The Labute approximate surface area is 219 Å². The fraction of sp³-hybridized carbons (Fsp3) is 0.552. The van der Waals surface area contributed by atoms with Crippen LogP contribution in [0.1, 0.15) is 24.8 Å². The molecule has 0 spiro atoms. The molecule has 7 nitrogen and oxygen atoms in total. The van der Waals surface area contributed by atoms with Gasteiger partial charge in [-0.3, -0.25) is 9.69 Å². The van der Waals surface area contributed by atoms with Crippen LogP contribution in [0, 0.1) is 5.82 Å². The molecule has 8 heteroatoms. The minimum atomic E-state index is -0.779. The maximum absolute atomic E-state index is 13.2. The Balaban J connectivity index is 1.05. The highest BCUT2D eigenvalue weighted by Gasteiger charge is 2.38. The molecule has 200 valence electrons. The first-order valence-corrected chi connectivity index (χ1v) is 13.7. The number of carbonyl (C=O) groups excluding carboxylic acids is 1. The van der Waals surface area contributed by atoms with E-state index in [1.54, 1.807) is 12.1 Å². The number of aliphatic hydroxyl groups is 1. The Bertz CT molecular complexity index is 992. The molecule has 0 radical (unpaired) electrons. The monoisotopic (exact) mass is 510 g/mol. The molecule has 0 aromatic heterocycles. The number of aliphatic hydroxyl groups excluding tert-OH is 1.